The lowest BCUT2D eigenvalue weighted by atomic mass is 10.1. The second kappa shape index (κ2) is 8.86. The molecular weight excluding hydrogens is 407 g/mol. The van der Waals surface area contributed by atoms with Crippen molar-refractivity contribution in [1.82, 2.24) is 4.90 Å². The topological polar surface area (TPSA) is 63.7 Å². The summed E-state index contributed by atoms with van der Waals surface area (Å²) in [5, 5.41) is 0. The molecule has 9 heteroatoms. The van der Waals surface area contributed by atoms with Gasteiger partial charge in [-0.05, 0) is 56.7 Å². The fourth-order valence-electron chi connectivity index (χ4n) is 2.54. The van der Waals surface area contributed by atoms with Gasteiger partial charge >= 0.3 is 16.3 Å². The van der Waals surface area contributed by atoms with Crippen LogP contribution in [0.3, 0.4) is 0 Å². The van der Waals surface area contributed by atoms with E-state index in [2.05, 4.69) is 0 Å². The van der Waals surface area contributed by atoms with Crippen LogP contribution >= 0.6 is 0 Å². The second-order valence-electron chi connectivity index (χ2n) is 6.68. The zero-order chi connectivity index (χ0) is 21.8. The zero-order valence-electron chi connectivity index (χ0n) is 16.2. The quantitative estimate of drug-likeness (QED) is 0.609. The summed E-state index contributed by atoms with van der Waals surface area (Å²) >= 11 is 0. The van der Waals surface area contributed by atoms with Crippen LogP contribution in [0.25, 0.3) is 0 Å². The van der Waals surface area contributed by atoms with Gasteiger partial charge in [-0.2, -0.15) is 21.6 Å². The molecule has 0 aliphatic heterocycles. The minimum atomic E-state index is -4.53. The highest BCUT2D eigenvalue weighted by atomic mass is 32.2. The summed E-state index contributed by atoms with van der Waals surface area (Å²) in [7, 11) is -3.64. The Bertz CT molecular complexity index is 954. The molecular formula is C20H22F3NO4S. The van der Waals surface area contributed by atoms with Crippen LogP contribution < -0.4 is 4.18 Å². The molecule has 0 saturated heterocycles. The van der Waals surface area contributed by atoms with E-state index >= 15 is 0 Å². The Morgan fingerprint density at radius 2 is 1.72 bits per heavy atom. The molecule has 0 saturated carbocycles. The minimum absolute atomic E-state index is 0.0532. The molecule has 2 aromatic carbocycles. The summed E-state index contributed by atoms with van der Waals surface area (Å²) in [4.78, 5) is 14.3. The predicted molar refractivity (Wildman–Crippen MR) is 103 cm³/mol. The molecule has 0 spiro atoms. The first-order chi connectivity index (χ1) is 13.4. The smallest absolute Gasteiger partial charge is 0.382 e. The molecule has 0 radical (unpaired) electrons. The number of amides is 1. The van der Waals surface area contributed by atoms with E-state index < -0.39 is 27.8 Å². The Morgan fingerprint density at radius 1 is 1.10 bits per heavy atom. The average Bonchev–Trinajstić information content (AvgIpc) is 2.66. The first kappa shape index (κ1) is 22.7. The number of alkyl halides is 3. The van der Waals surface area contributed by atoms with Crippen LogP contribution in [0.1, 0.15) is 42.3 Å². The van der Waals surface area contributed by atoms with Crippen molar-refractivity contribution < 1.29 is 30.6 Å². The van der Waals surface area contributed by atoms with Gasteiger partial charge in [0.1, 0.15) is 5.75 Å². The molecule has 0 heterocycles. The van der Waals surface area contributed by atoms with Crippen molar-refractivity contribution in [3.05, 3.63) is 65.2 Å². The van der Waals surface area contributed by atoms with Crippen molar-refractivity contribution >= 4 is 16.0 Å². The maximum absolute atomic E-state index is 12.9. The van der Waals surface area contributed by atoms with E-state index in [-0.39, 0.29) is 29.7 Å². The number of hydrogen-bond donors (Lipinski definition) is 0. The van der Waals surface area contributed by atoms with E-state index in [1.54, 1.807) is 26.0 Å². The molecule has 0 aliphatic rings. The molecule has 0 unspecified atom stereocenters. The molecule has 0 aliphatic carbocycles. The van der Waals surface area contributed by atoms with E-state index in [9.17, 15) is 26.4 Å². The van der Waals surface area contributed by atoms with Gasteiger partial charge in [0.05, 0.1) is 11.3 Å². The first-order valence-corrected chi connectivity index (χ1v) is 10.5. The van der Waals surface area contributed by atoms with Crippen molar-refractivity contribution in [1.29, 1.82) is 0 Å². The van der Waals surface area contributed by atoms with E-state index in [1.165, 1.54) is 36.1 Å². The standard InChI is InChI=1S/C20H22F3NO4S/c1-4-29(26,27)28-18-10-8-15(9-11-18)13-24(14(2)3)19(25)16-6-5-7-17(12-16)20(21,22)23/h5-12,14H,4,13H2,1-3H3. The number of hydrogen-bond acceptors (Lipinski definition) is 4. The molecule has 158 valence electrons. The lowest BCUT2D eigenvalue weighted by Gasteiger charge is -2.27. The van der Waals surface area contributed by atoms with Gasteiger partial charge in [0.15, 0.2) is 0 Å². The lowest BCUT2D eigenvalue weighted by molar-refractivity contribution is -0.137. The Balaban J connectivity index is 2.21. The van der Waals surface area contributed by atoms with E-state index in [4.69, 9.17) is 4.18 Å². The number of nitrogens with zero attached hydrogens (tertiary/aromatic N) is 1. The van der Waals surface area contributed by atoms with Gasteiger partial charge in [-0.15, -0.1) is 0 Å². The predicted octanol–water partition coefficient (Wildman–Crippen LogP) is 4.48. The highest BCUT2D eigenvalue weighted by Crippen LogP contribution is 2.30. The third kappa shape index (κ3) is 6.22. The molecule has 0 atom stereocenters. The minimum Gasteiger partial charge on any atom is -0.382 e. The normalized spacial score (nSPS) is 12.1. The van der Waals surface area contributed by atoms with Crippen LogP contribution in [0, 0.1) is 0 Å². The van der Waals surface area contributed by atoms with Crippen LogP contribution in [0.4, 0.5) is 13.2 Å². The summed E-state index contributed by atoms with van der Waals surface area (Å²) in [5.74, 6) is -0.544. The number of rotatable bonds is 7. The van der Waals surface area contributed by atoms with Crippen molar-refractivity contribution in [2.75, 3.05) is 5.75 Å². The largest absolute Gasteiger partial charge is 0.416 e. The van der Waals surface area contributed by atoms with Crippen LogP contribution in [-0.2, 0) is 22.8 Å². The van der Waals surface area contributed by atoms with Crippen molar-refractivity contribution in [3.63, 3.8) is 0 Å². The molecule has 0 aromatic heterocycles. The summed E-state index contributed by atoms with van der Waals surface area (Å²) in [6, 6.07) is 10.2. The summed E-state index contributed by atoms with van der Waals surface area (Å²) < 4.78 is 66.7. The van der Waals surface area contributed by atoms with Crippen molar-refractivity contribution in [2.24, 2.45) is 0 Å². The van der Waals surface area contributed by atoms with Crippen LogP contribution in [0.5, 0.6) is 5.75 Å². The molecule has 5 nitrogen and oxygen atoms in total. The second-order valence-corrected chi connectivity index (χ2v) is 8.54. The molecule has 2 aromatic rings. The van der Waals surface area contributed by atoms with Gasteiger partial charge in [0, 0.05) is 18.2 Å². The molecule has 2 rings (SSSR count). The Kier molecular flexibility index (Phi) is 6.94. The fraction of sp³-hybridized carbons (Fsp3) is 0.350. The maximum Gasteiger partial charge on any atom is 0.416 e. The summed E-state index contributed by atoms with van der Waals surface area (Å²) in [6.07, 6.45) is -4.53. The molecule has 0 fully saturated rings. The molecule has 0 N–H and O–H groups in total. The summed E-state index contributed by atoms with van der Waals surface area (Å²) in [5.41, 5.74) is -0.256. The summed E-state index contributed by atoms with van der Waals surface area (Å²) in [6.45, 7) is 5.13. The molecule has 29 heavy (non-hydrogen) atoms. The van der Waals surface area contributed by atoms with Crippen LogP contribution in [0.2, 0.25) is 0 Å². The van der Waals surface area contributed by atoms with Gasteiger partial charge in [-0.25, -0.2) is 0 Å². The van der Waals surface area contributed by atoms with Gasteiger partial charge in [0.2, 0.25) is 0 Å². The monoisotopic (exact) mass is 429 g/mol. The van der Waals surface area contributed by atoms with Crippen LogP contribution in [0.15, 0.2) is 48.5 Å². The molecule has 0 bridgehead atoms. The third-order valence-electron chi connectivity index (χ3n) is 4.17. The zero-order valence-corrected chi connectivity index (χ0v) is 17.0. The molecule has 1 amide bonds. The van der Waals surface area contributed by atoms with E-state index in [1.807, 2.05) is 0 Å². The van der Waals surface area contributed by atoms with Gasteiger partial charge in [-0.3, -0.25) is 4.79 Å². The SMILES string of the molecule is CCS(=O)(=O)Oc1ccc(CN(C(=O)c2cccc(C(F)(F)F)c2)C(C)C)cc1. The maximum atomic E-state index is 12.9. The first-order valence-electron chi connectivity index (χ1n) is 8.92. The van der Waals surface area contributed by atoms with Gasteiger partial charge in [0.25, 0.3) is 5.91 Å². The highest BCUT2D eigenvalue weighted by Gasteiger charge is 2.31. The number of benzene rings is 2. The Morgan fingerprint density at radius 3 is 2.24 bits per heavy atom. The number of carbonyl (C=O) groups excluding carboxylic acids is 1. The number of halogens is 3. The highest BCUT2D eigenvalue weighted by molar-refractivity contribution is 7.87. The number of carbonyl (C=O) groups is 1. The van der Waals surface area contributed by atoms with Gasteiger partial charge < -0.3 is 9.08 Å². The Labute approximate surface area is 168 Å². The van der Waals surface area contributed by atoms with Crippen molar-refractivity contribution in [2.45, 2.75) is 39.5 Å². The van der Waals surface area contributed by atoms with E-state index in [0.717, 1.165) is 12.1 Å². The van der Waals surface area contributed by atoms with Crippen molar-refractivity contribution in [3.8, 4) is 5.75 Å². The average molecular weight is 429 g/mol. The third-order valence-corrected chi connectivity index (χ3v) is 5.33. The van der Waals surface area contributed by atoms with Crippen LogP contribution in [-0.4, -0.2) is 31.0 Å². The van der Waals surface area contributed by atoms with E-state index in [0.29, 0.717) is 5.56 Å². The Hall–Kier alpha value is -2.55. The van der Waals surface area contributed by atoms with Gasteiger partial charge in [-0.1, -0.05) is 18.2 Å². The lowest BCUT2D eigenvalue weighted by Crippen LogP contribution is -2.36. The fourth-order valence-corrected chi connectivity index (χ4v) is 3.06.